The minimum atomic E-state index is -0.753. The van der Waals surface area contributed by atoms with Crippen molar-refractivity contribution in [3.8, 4) is 135 Å². The van der Waals surface area contributed by atoms with Crippen LogP contribution in [0.2, 0.25) is 0 Å². The smallest absolute Gasteiger partial charge is 0.164 e. The van der Waals surface area contributed by atoms with Gasteiger partial charge in [-0.25, -0.2) is 29.9 Å². The summed E-state index contributed by atoms with van der Waals surface area (Å²) in [5.41, 5.74) is 33.5. The van der Waals surface area contributed by atoms with E-state index in [1.807, 2.05) is 0 Å². The van der Waals surface area contributed by atoms with Gasteiger partial charge in [-0.1, -0.05) is 370 Å². The van der Waals surface area contributed by atoms with Gasteiger partial charge in [0.15, 0.2) is 34.9 Å². The molecule has 4 aliphatic rings. The average molecular weight is 1500 g/mol. The van der Waals surface area contributed by atoms with Crippen molar-refractivity contribution in [2.24, 2.45) is 0 Å². The first-order valence-corrected chi connectivity index (χ1v) is 40.2. The summed E-state index contributed by atoms with van der Waals surface area (Å²) in [6.45, 7) is 0. The summed E-state index contributed by atoms with van der Waals surface area (Å²) < 4.78 is 0. The number of benzene rings is 17. The van der Waals surface area contributed by atoms with E-state index in [0.29, 0.717) is 34.9 Å². The molecule has 0 unspecified atom stereocenters. The quantitative estimate of drug-likeness (QED) is 0.120. The Morgan fingerprint density at radius 3 is 0.703 bits per heavy atom. The molecule has 19 aromatic rings. The zero-order valence-electron chi connectivity index (χ0n) is 64.0. The third kappa shape index (κ3) is 10.7. The predicted molar refractivity (Wildman–Crippen MR) is 479 cm³/mol. The molecule has 2 spiro atoms. The molecular weight excluding hydrogens is 1430 g/mol. The van der Waals surface area contributed by atoms with Crippen LogP contribution >= 0.6 is 0 Å². The van der Waals surface area contributed by atoms with Gasteiger partial charge in [-0.2, -0.15) is 0 Å². The second kappa shape index (κ2) is 27.6. The maximum Gasteiger partial charge on any atom is 0.164 e. The van der Waals surface area contributed by atoms with E-state index >= 15 is 0 Å². The van der Waals surface area contributed by atoms with Gasteiger partial charge in [-0.15, -0.1) is 0 Å². The Bertz CT molecular complexity index is 6630. The van der Waals surface area contributed by atoms with Crippen LogP contribution in [0.4, 0.5) is 34.1 Å². The molecule has 0 atom stereocenters. The fraction of sp³-hybridized carbons (Fsp3) is 0.0182. The van der Waals surface area contributed by atoms with Crippen LogP contribution in [-0.4, -0.2) is 29.9 Å². The summed E-state index contributed by atoms with van der Waals surface area (Å²) in [7, 11) is 0. The molecule has 0 saturated heterocycles. The summed E-state index contributed by atoms with van der Waals surface area (Å²) in [6.07, 6.45) is 0. The number of hydrogen-bond donors (Lipinski definition) is 0. The maximum absolute atomic E-state index is 5.62. The Labute approximate surface area is 684 Å². The van der Waals surface area contributed by atoms with Gasteiger partial charge in [-0.3, -0.25) is 0 Å². The summed E-state index contributed by atoms with van der Waals surface area (Å²) in [4.78, 5) is 38.1. The van der Waals surface area contributed by atoms with Gasteiger partial charge in [-0.05, 0) is 166 Å². The van der Waals surface area contributed by atoms with Gasteiger partial charge in [0.05, 0.1) is 33.6 Å². The number of para-hydroxylation sites is 6. The van der Waals surface area contributed by atoms with Gasteiger partial charge in [0.1, 0.15) is 0 Å². The Morgan fingerprint density at radius 1 is 0.153 bits per heavy atom. The molecular formula is C110H70N8. The van der Waals surface area contributed by atoms with Crippen LogP contribution in [0.25, 0.3) is 135 Å². The highest BCUT2D eigenvalue weighted by Gasteiger charge is 2.55. The van der Waals surface area contributed by atoms with Crippen molar-refractivity contribution < 1.29 is 0 Å². The lowest BCUT2D eigenvalue weighted by atomic mass is 9.63. The van der Waals surface area contributed by atoms with Crippen LogP contribution in [0.1, 0.15) is 44.5 Å². The van der Waals surface area contributed by atoms with Crippen LogP contribution in [0.15, 0.2) is 425 Å². The number of hydrogen-bond acceptors (Lipinski definition) is 8. The monoisotopic (exact) mass is 1500 g/mol. The first kappa shape index (κ1) is 68.0. The highest BCUT2D eigenvalue weighted by atomic mass is 15.2. The van der Waals surface area contributed by atoms with Crippen molar-refractivity contribution in [1.29, 1.82) is 0 Å². The maximum atomic E-state index is 5.62. The molecule has 2 aliphatic carbocycles. The lowest BCUT2D eigenvalue weighted by Gasteiger charge is -2.45. The van der Waals surface area contributed by atoms with E-state index in [4.69, 9.17) is 29.9 Å². The third-order valence-corrected chi connectivity index (χ3v) is 24.4. The summed E-state index contributed by atoms with van der Waals surface area (Å²) >= 11 is 0. The Hall–Kier alpha value is -15.6. The largest absolute Gasteiger partial charge is 0.310 e. The predicted octanol–water partition coefficient (Wildman–Crippen LogP) is 27.0. The van der Waals surface area contributed by atoms with Gasteiger partial charge >= 0.3 is 0 Å². The summed E-state index contributed by atoms with van der Waals surface area (Å²) in [6, 6.07) is 153. The molecule has 8 heteroatoms. The first-order chi connectivity index (χ1) is 58.5. The molecule has 2 aromatic heterocycles. The second-order valence-electron chi connectivity index (χ2n) is 30.7. The van der Waals surface area contributed by atoms with E-state index in [2.05, 4.69) is 434 Å². The van der Waals surface area contributed by atoms with Crippen LogP contribution in [-0.2, 0) is 10.8 Å². The normalized spacial score (nSPS) is 13.2. The van der Waals surface area contributed by atoms with Gasteiger partial charge in [0, 0.05) is 44.8 Å². The number of fused-ring (bicyclic) bond motifs is 18. The SMILES string of the molecule is c1ccc(-c2ccc(-c3nc(-c4ccc(-c5cccc(-c6ccc(-c7nc(-c8ccc(-c9ccccc9)cc8)nc(-c8cccc9c8C8(c%10ccccc%10-9)c9ccccc9N(c9ccccc9)c9ccccc98)n7)cc6)c5)cc4)nc(-c4cccc5c4C4(c6ccccc6-5)c5ccccc5N(c5ccccc5)c5ccccc54)n3)cc2)cc1. The third-order valence-electron chi connectivity index (χ3n) is 24.4. The summed E-state index contributed by atoms with van der Waals surface area (Å²) in [5.74, 6) is 3.51. The molecule has 550 valence electrons. The van der Waals surface area contributed by atoms with Crippen LogP contribution in [0.3, 0.4) is 0 Å². The Kier molecular flexibility index (Phi) is 15.9. The molecule has 0 fully saturated rings. The fourth-order valence-electron chi connectivity index (χ4n) is 19.3. The van der Waals surface area contributed by atoms with Crippen LogP contribution in [0.5, 0.6) is 0 Å². The minimum Gasteiger partial charge on any atom is -0.310 e. The molecule has 0 amide bonds. The zero-order chi connectivity index (χ0) is 77.8. The Morgan fingerprint density at radius 2 is 0.373 bits per heavy atom. The highest BCUT2D eigenvalue weighted by molar-refractivity contribution is 6.01. The molecule has 0 N–H and O–H groups in total. The highest BCUT2D eigenvalue weighted by Crippen LogP contribution is 2.67. The zero-order valence-corrected chi connectivity index (χ0v) is 64.0. The van der Waals surface area contributed by atoms with Crippen LogP contribution < -0.4 is 9.80 Å². The van der Waals surface area contributed by atoms with Crippen molar-refractivity contribution in [3.05, 3.63) is 469 Å². The summed E-state index contributed by atoms with van der Waals surface area (Å²) in [5, 5.41) is 0. The van der Waals surface area contributed by atoms with Gasteiger partial charge in [0.2, 0.25) is 0 Å². The molecule has 0 bridgehead atoms. The van der Waals surface area contributed by atoms with E-state index in [0.717, 1.165) is 134 Å². The Balaban J connectivity index is 0.621. The molecule has 0 saturated carbocycles. The van der Waals surface area contributed by atoms with E-state index in [9.17, 15) is 0 Å². The molecule has 8 nitrogen and oxygen atoms in total. The van der Waals surface area contributed by atoms with Crippen molar-refractivity contribution in [2.75, 3.05) is 9.80 Å². The minimum absolute atomic E-state index is 0.575. The van der Waals surface area contributed by atoms with E-state index in [1.54, 1.807) is 0 Å². The van der Waals surface area contributed by atoms with E-state index in [1.165, 1.54) is 44.5 Å². The standard InChI is InChI=1S/C110H70N8/c1-5-28-71(29-6-1)73-54-62-77(63-55-73)103-111-105(115-107(113-103)89-42-26-40-87-85-38-13-15-44-91(85)109(101(87)89)93-46-17-21-50-97(93)117(83-34-9-3-10-35-83)98-51-22-18-47-94(98)109)79-66-58-75(59-67-79)81-32-25-33-82(70-81)76-60-68-80(69-61-76)106-112-104(78-64-56-74(57-65-78)72-30-7-2-8-31-72)114-108(116-106)90-43-27-41-88-86-39-14-16-45-92(86)110(102(88)90)95-48-19-23-52-99(95)118(84-36-11-4-12-37-84)100-53-24-20-49-96(100)110/h1-70H. The lowest BCUT2D eigenvalue weighted by Crippen LogP contribution is -2.36. The first-order valence-electron chi connectivity index (χ1n) is 40.2. The number of aromatic nitrogens is 6. The number of rotatable bonds is 12. The molecule has 2 aliphatic heterocycles. The second-order valence-corrected chi connectivity index (χ2v) is 30.7. The molecule has 118 heavy (non-hydrogen) atoms. The van der Waals surface area contributed by atoms with Crippen molar-refractivity contribution >= 4 is 34.1 Å². The van der Waals surface area contributed by atoms with Gasteiger partial charge in [0.25, 0.3) is 0 Å². The van der Waals surface area contributed by atoms with Crippen molar-refractivity contribution in [2.45, 2.75) is 10.8 Å². The number of nitrogens with zero attached hydrogens (tertiary/aromatic N) is 8. The number of anilines is 6. The van der Waals surface area contributed by atoms with E-state index < -0.39 is 10.8 Å². The topological polar surface area (TPSA) is 83.8 Å². The van der Waals surface area contributed by atoms with Crippen LogP contribution in [0, 0.1) is 0 Å². The van der Waals surface area contributed by atoms with E-state index in [-0.39, 0.29) is 0 Å². The van der Waals surface area contributed by atoms with Gasteiger partial charge < -0.3 is 9.80 Å². The molecule has 23 rings (SSSR count). The van der Waals surface area contributed by atoms with Crippen molar-refractivity contribution in [1.82, 2.24) is 29.9 Å². The molecule has 17 aromatic carbocycles. The molecule has 4 heterocycles. The fourth-order valence-corrected chi connectivity index (χ4v) is 19.3. The molecule has 0 radical (unpaired) electrons. The lowest BCUT2D eigenvalue weighted by molar-refractivity contribution is 0.753. The van der Waals surface area contributed by atoms with Crippen molar-refractivity contribution in [3.63, 3.8) is 0 Å². The average Bonchev–Trinajstić information content (AvgIpc) is 1.49.